The van der Waals surface area contributed by atoms with Gasteiger partial charge in [-0.1, -0.05) is 25.4 Å². The molecule has 0 radical (unpaired) electrons. The predicted octanol–water partition coefficient (Wildman–Crippen LogP) is 3.64. The third-order valence-electron chi connectivity index (χ3n) is 4.74. The fraction of sp³-hybridized carbons (Fsp3) is 0.450. The minimum atomic E-state index is -0.199. The third kappa shape index (κ3) is 4.96. The molecule has 2 aromatic heterocycles. The van der Waals surface area contributed by atoms with Crippen LogP contribution in [0.2, 0.25) is 5.02 Å². The highest BCUT2D eigenvalue weighted by atomic mass is 35.5. The molecule has 0 atom stereocenters. The molecule has 7 nitrogen and oxygen atoms in total. The number of carbonyl (C=O) groups is 1. The Hall–Kier alpha value is -2.72. The number of pyridine rings is 1. The Morgan fingerprint density at radius 1 is 1.29 bits per heavy atom. The lowest BCUT2D eigenvalue weighted by Gasteiger charge is -2.29. The fourth-order valence-corrected chi connectivity index (χ4v) is 3.31. The van der Waals surface area contributed by atoms with Crippen molar-refractivity contribution in [3.63, 3.8) is 0 Å². The second-order valence-electron chi connectivity index (χ2n) is 7.18. The lowest BCUT2D eigenvalue weighted by molar-refractivity contribution is 0.0887. The van der Waals surface area contributed by atoms with Crippen molar-refractivity contribution in [2.75, 3.05) is 0 Å². The molecule has 1 saturated carbocycles. The van der Waals surface area contributed by atoms with Gasteiger partial charge in [-0.2, -0.15) is 10.4 Å². The molecule has 1 aliphatic carbocycles. The van der Waals surface area contributed by atoms with Gasteiger partial charge in [0.25, 0.3) is 5.91 Å². The molecule has 0 unspecified atom stereocenters. The van der Waals surface area contributed by atoms with E-state index in [9.17, 15) is 4.79 Å². The number of amides is 1. The molecule has 28 heavy (non-hydrogen) atoms. The van der Waals surface area contributed by atoms with E-state index in [-0.39, 0.29) is 34.7 Å². The van der Waals surface area contributed by atoms with E-state index in [4.69, 9.17) is 21.6 Å². The highest BCUT2D eigenvalue weighted by Crippen LogP contribution is 2.26. The van der Waals surface area contributed by atoms with Crippen LogP contribution in [0, 0.1) is 11.3 Å². The minimum Gasteiger partial charge on any atom is -0.489 e. The topological polar surface area (TPSA) is 101 Å². The van der Waals surface area contributed by atoms with Gasteiger partial charge >= 0.3 is 0 Å². The maximum Gasteiger partial charge on any atom is 0.272 e. The van der Waals surface area contributed by atoms with Gasteiger partial charge in [0.1, 0.15) is 11.8 Å². The van der Waals surface area contributed by atoms with Crippen LogP contribution in [-0.4, -0.2) is 33.2 Å². The smallest absolute Gasteiger partial charge is 0.272 e. The SMILES string of the molecule is CC(C)c1ccc(C(=O)NC2CCC(Oc3cnc(C#N)c(Cl)c3)CC2)nn1. The Labute approximate surface area is 169 Å². The molecule has 1 amide bonds. The Morgan fingerprint density at radius 3 is 2.61 bits per heavy atom. The van der Waals surface area contributed by atoms with E-state index in [2.05, 4.69) is 20.5 Å². The summed E-state index contributed by atoms with van der Waals surface area (Å²) < 4.78 is 5.92. The molecule has 2 aromatic rings. The average molecular weight is 400 g/mol. The van der Waals surface area contributed by atoms with Crippen molar-refractivity contribution in [1.82, 2.24) is 20.5 Å². The largest absolute Gasteiger partial charge is 0.489 e. The Bertz CT molecular complexity index is 871. The zero-order valence-electron chi connectivity index (χ0n) is 15.9. The van der Waals surface area contributed by atoms with Crippen molar-refractivity contribution in [2.24, 2.45) is 0 Å². The van der Waals surface area contributed by atoms with E-state index in [1.807, 2.05) is 26.0 Å². The van der Waals surface area contributed by atoms with Gasteiger partial charge in [-0.3, -0.25) is 4.79 Å². The lowest BCUT2D eigenvalue weighted by Crippen LogP contribution is -2.40. The zero-order valence-corrected chi connectivity index (χ0v) is 16.6. The average Bonchev–Trinajstić information content (AvgIpc) is 2.69. The van der Waals surface area contributed by atoms with Gasteiger partial charge in [0.05, 0.1) is 23.0 Å². The van der Waals surface area contributed by atoms with E-state index in [1.54, 1.807) is 12.1 Å². The highest BCUT2D eigenvalue weighted by molar-refractivity contribution is 6.31. The Balaban J connectivity index is 1.49. The van der Waals surface area contributed by atoms with Crippen molar-refractivity contribution in [1.29, 1.82) is 5.26 Å². The lowest BCUT2D eigenvalue weighted by atomic mass is 9.93. The van der Waals surface area contributed by atoms with Crippen LogP contribution in [0.5, 0.6) is 5.75 Å². The number of nitriles is 1. The molecule has 1 fully saturated rings. The van der Waals surface area contributed by atoms with Crippen molar-refractivity contribution >= 4 is 17.5 Å². The molecule has 1 N–H and O–H groups in total. The highest BCUT2D eigenvalue weighted by Gasteiger charge is 2.24. The summed E-state index contributed by atoms with van der Waals surface area (Å²) in [6, 6.07) is 7.18. The van der Waals surface area contributed by atoms with Crippen LogP contribution in [0.25, 0.3) is 0 Å². The maximum absolute atomic E-state index is 12.4. The van der Waals surface area contributed by atoms with Crippen molar-refractivity contribution < 1.29 is 9.53 Å². The zero-order chi connectivity index (χ0) is 20.1. The first kappa shape index (κ1) is 20.0. The van der Waals surface area contributed by atoms with Gasteiger partial charge in [0.2, 0.25) is 0 Å². The van der Waals surface area contributed by atoms with Gasteiger partial charge in [-0.25, -0.2) is 4.98 Å². The molecule has 8 heteroatoms. The number of halogens is 1. The molecule has 146 valence electrons. The first-order chi connectivity index (χ1) is 13.5. The number of rotatable bonds is 5. The molecule has 0 saturated heterocycles. The van der Waals surface area contributed by atoms with Crippen LogP contribution in [0.3, 0.4) is 0 Å². The van der Waals surface area contributed by atoms with Crippen LogP contribution in [0.4, 0.5) is 0 Å². The molecule has 0 bridgehead atoms. The normalized spacial score (nSPS) is 19.1. The van der Waals surface area contributed by atoms with Crippen molar-refractivity contribution in [3.8, 4) is 11.8 Å². The molecule has 0 aliphatic heterocycles. The summed E-state index contributed by atoms with van der Waals surface area (Å²) in [4.78, 5) is 16.3. The van der Waals surface area contributed by atoms with Crippen LogP contribution in [0.1, 0.15) is 67.3 Å². The quantitative estimate of drug-likeness (QED) is 0.823. The third-order valence-corrected chi connectivity index (χ3v) is 5.03. The number of nitrogens with zero attached hydrogens (tertiary/aromatic N) is 4. The predicted molar refractivity (Wildman–Crippen MR) is 104 cm³/mol. The summed E-state index contributed by atoms with van der Waals surface area (Å²) in [6.45, 7) is 4.07. The van der Waals surface area contributed by atoms with Gasteiger partial charge in [0.15, 0.2) is 11.4 Å². The standard InChI is InChI=1S/C20H22ClN5O2/c1-12(2)17-7-8-18(26-25-17)20(27)24-13-3-5-14(6-4-13)28-15-9-16(21)19(10-22)23-11-15/h7-9,11-14H,3-6H2,1-2H3,(H,24,27). The maximum atomic E-state index is 12.4. The summed E-state index contributed by atoms with van der Waals surface area (Å²) in [6.07, 6.45) is 4.78. The summed E-state index contributed by atoms with van der Waals surface area (Å²) in [5, 5.41) is 20.3. The monoisotopic (exact) mass is 399 g/mol. The van der Waals surface area contributed by atoms with Crippen LogP contribution < -0.4 is 10.1 Å². The molecular formula is C20H22ClN5O2. The van der Waals surface area contributed by atoms with Crippen LogP contribution in [0.15, 0.2) is 24.4 Å². The number of ether oxygens (including phenoxy) is 1. The Morgan fingerprint density at radius 2 is 2.04 bits per heavy atom. The molecule has 0 aromatic carbocycles. The Kier molecular flexibility index (Phi) is 6.42. The minimum absolute atomic E-state index is 0.0315. The van der Waals surface area contributed by atoms with E-state index in [0.29, 0.717) is 11.4 Å². The first-order valence-electron chi connectivity index (χ1n) is 9.33. The molecule has 3 rings (SSSR count). The molecular weight excluding hydrogens is 378 g/mol. The van der Waals surface area contributed by atoms with Gasteiger partial charge in [-0.15, -0.1) is 5.10 Å². The second kappa shape index (κ2) is 8.98. The van der Waals surface area contributed by atoms with E-state index in [0.717, 1.165) is 31.4 Å². The van der Waals surface area contributed by atoms with E-state index >= 15 is 0 Å². The van der Waals surface area contributed by atoms with Gasteiger partial charge < -0.3 is 10.1 Å². The van der Waals surface area contributed by atoms with Crippen molar-refractivity contribution in [2.45, 2.75) is 57.6 Å². The number of hydrogen-bond donors (Lipinski definition) is 1. The number of hydrogen-bond acceptors (Lipinski definition) is 6. The fourth-order valence-electron chi connectivity index (χ4n) is 3.12. The molecule has 0 spiro atoms. The summed E-state index contributed by atoms with van der Waals surface area (Å²) in [5.74, 6) is 0.633. The summed E-state index contributed by atoms with van der Waals surface area (Å²) >= 11 is 5.99. The number of nitrogens with one attached hydrogen (secondary N) is 1. The van der Waals surface area contributed by atoms with Gasteiger partial charge in [0, 0.05) is 12.1 Å². The van der Waals surface area contributed by atoms with Crippen molar-refractivity contribution in [3.05, 3.63) is 46.5 Å². The first-order valence-corrected chi connectivity index (χ1v) is 9.71. The van der Waals surface area contributed by atoms with Gasteiger partial charge in [-0.05, 0) is 43.7 Å². The van der Waals surface area contributed by atoms with E-state index < -0.39 is 0 Å². The van der Waals surface area contributed by atoms with Crippen LogP contribution in [-0.2, 0) is 0 Å². The summed E-state index contributed by atoms with van der Waals surface area (Å²) in [7, 11) is 0. The summed E-state index contributed by atoms with van der Waals surface area (Å²) in [5.41, 5.74) is 1.39. The second-order valence-corrected chi connectivity index (χ2v) is 7.58. The molecule has 2 heterocycles. The number of carbonyl (C=O) groups excluding carboxylic acids is 1. The van der Waals surface area contributed by atoms with E-state index in [1.165, 1.54) is 6.20 Å². The number of aromatic nitrogens is 3. The molecule has 1 aliphatic rings. The van der Waals surface area contributed by atoms with Crippen LogP contribution >= 0.6 is 11.6 Å².